The van der Waals surface area contributed by atoms with Crippen LogP contribution in [0.3, 0.4) is 0 Å². The van der Waals surface area contributed by atoms with Crippen molar-refractivity contribution in [1.29, 1.82) is 0 Å². The molecule has 1 N–H and O–H groups in total. The number of carbonyl (C=O) groups excluding carboxylic acids is 1. The van der Waals surface area contributed by atoms with E-state index in [0.717, 1.165) is 6.21 Å². The van der Waals surface area contributed by atoms with E-state index in [2.05, 4.69) is 10.1 Å². The molecule has 0 spiro atoms. The van der Waals surface area contributed by atoms with Crippen molar-refractivity contribution in [2.24, 2.45) is 10.5 Å². The highest BCUT2D eigenvalue weighted by Gasteiger charge is 2.38. The Bertz CT molecular complexity index is 1050. The first kappa shape index (κ1) is 18.8. The Morgan fingerprint density at radius 2 is 1.89 bits per heavy atom. The van der Waals surface area contributed by atoms with Crippen molar-refractivity contribution in [3.63, 3.8) is 0 Å². The van der Waals surface area contributed by atoms with Gasteiger partial charge in [-0.05, 0) is 17.5 Å². The molecule has 1 aliphatic carbocycles. The van der Waals surface area contributed by atoms with E-state index < -0.39 is 28.8 Å². The number of benzene rings is 1. The second-order valence-corrected chi connectivity index (χ2v) is 7.11. The van der Waals surface area contributed by atoms with Gasteiger partial charge in [0.25, 0.3) is 5.56 Å². The average Bonchev–Trinajstić information content (AvgIpc) is 2.53. The first-order valence-corrected chi connectivity index (χ1v) is 8.08. The fourth-order valence-corrected chi connectivity index (χ4v) is 2.98. The number of aromatic nitrogens is 2. The number of Topliss-reactive ketones (excluding diaryl/α,β-unsaturated/α-hetero) is 1. The molecule has 27 heavy (non-hydrogen) atoms. The Morgan fingerprint density at radius 3 is 2.52 bits per heavy atom. The number of fused-ring (bicyclic) bond motifs is 1. The van der Waals surface area contributed by atoms with Gasteiger partial charge in [0.15, 0.2) is 5.78 Å². The number of halogens is 3. The topological polar surface area (TPSA) is 84.5 Å². The Balaban J connectivity index is 2.17. The van der Waals surface area contributed by atoms with Gasteiger partial charge in [0.1, 0.15) is 5.76 Å². The molecule has 3 rings (SSSR count). The summed E-state index contributed by atoms with van der Waals surface area (Å²) in [6.45, 7) is 3.57. The minimum Gasteiger partial charge on any atom is -0.511 e. The van der Waals surface area contributed by atoms with Gasteiger partial charge in [0.2, 0.25) is 5.82 Å². The van der Waals surface area contributed by atoms with E-state index in [1.807, 2.05) is 0 Å². The Kier molecular flexibility index (Phi) is 4.41. The zero-order valence-corrected chi connectivity index (χ0v) is 14.5. The van der Waals surface area contributed by atoms with Crippen LogP contribution in [0.5, 0.6) is 0 Å². The minimum atomic E-state index is -4.93. The first-order valence-electron chi connectivity index (χ1n) is 8.08. The van der Waals surface area contributed by atoms with Gasteiger partial charge < -0.3 is 5.11 Å². The SMILES string of the molecule is CC1(C)CC(=O)C(/C=N/n2c(C(F)(F)F)nc3ccccc3c2=O)=C(O)C1. The van der Waals surface area contributed by atoms with Crippen molar-refractivity contribution < 1.29 is 23.1 Å². The van der Waals surface area contributed by atoms with Gasteiger partial charge in [-0.2, -0.15) is 22.9 Å². The standard InChI is InChI=1S/C18H16F3N3O3/c1-17(2)7-13(25)11(14(26)8-17)9-22-24-15(27)10-5-3-4-6-12(10)23-16(24)18(19,20)21/h3-6,9,25H,7-8H2,1-2H3/b22-9+. The fraction of sp³-hybridized carbons (Fsp3) is 0.333. The monoisotopic (exact) mass is 379 g/mol. The summed E-state index contributed by atoms with van der Waals surface area (Å²) in [5.74, 6) is -2.23. The second-order valence-electron chi connectivity index (χ2n) is 7.11. The summed E-state index contributed by atoms with van der Waals surface area (Å²) >= 11 is 0. The Labute approximate surface area is 151 Å². The van der Waals surface area contributed by atoms with Crippen LogP contribution in [-0.4, -0.2) is 26.8 Å². The van der Waals surface area contributed by atoms with Gasteiger partial charge in [0.05, 0.1) is 22.7 Å². The molecule has 2 aromatic rings. The largest absolute Gasteiger partial charge is 0.511 e. The number of hydrogen-bond donors (Lipinski definition) is 1. The molecule has 0 bridgehead atoms. The van der Waals surface area contributed by atoms with Crippen molar-refractivity contribution in [3.8, 4) is 0 Å². The van der Waals surface area contributed by atoms with Crippen LogP contribution in [0.4, 0.5) is 13.2 Å². The van der Waals surface area contributed by atoms with Gasteiger partial charge in [-0.15, -0.1) is 0 Å². The summed E-state index contributed by atoms with van der Waals surface area (Å²) in [7, 11) is 0. The third-order valence-corrected chi connectivity index (χ3v) is 4.21. The number of rotatable bonds is 2. The molecule has 0 aliphatic heterocycles. The van der Waals surface area contributed by atoms with E-state index in [1.54, 1.807) is 13.8 Å². The van der Waals surface area contributed by atoms with Crippen LogP contribution in [0.2, 0.25) is 0 Å². The maximum Gasteiger partial charge on any atom is 0.451 e. The third-order valence-electron chi connectivity index (χ3n) is 4.21. The van der Waals surface area contributed by atoms with Crippen LogP contribution >= 0.6 is 0 Å². The zero-order chi connectivity index (χ0) is 20.0. The summed E-state index contributed by atoms with van der Waals surface area (Å²) < 4.78 is 40.2. The van der Waals surface area contributed by atoms with Crippen molar-refractivity contribution in [1.82, 2.24) is 9.66 Å². The van der Waals surface area contributed by atoms with E-state index in [1.165, 1.54) is 24.3 Å². The first-order chi connectivity index (χ1) is 12.5. The zero-order valence-electron chi connectivity index (χ0n) is 14.5. The van der Waals surface area contributed by atoms with Gasteiger partial charge >= 0.3 is 6.18 Å². The second kappa shape index (κ2) is 6.33. The number of aliphatic hydroxyl groups excluding tert-OH is 1. The van der Waals surface area contributed by atoms with Gasteiger partial charge in [-0.3, -0.25) is 9.59 Å². The molecular formula is C18H16F3N3O3. The maximum atomic E-state index is 13.4. The lowest BCUT2D eigenvalue weighted by Crippen LogP contribution is -2.29. The molecule has 1 heterocycles. The molecule has 0 atom stereocenters. The van der Waals surface area contributed by atoms with Crippen LogP contribution in [0.15, 0.2) is 45.5 Å². The number of nitrogens with zero attached hydrogens (tertiary/aromatic N) is 3. The van der Waals surface area contributed by atoms with Crippen molar-refractivity contribution in [3.05, 3.63) is 51.8 Å². The highest BCUT2D eigenvalue weighted by Crippen LogP contribution is 2.35. The van der Waals surface area contributed by atoms with E-state index in [9.17, 15) is 27.9 Å². The van der Waals surface area contributed by atoms with Crippen LogP contribution in [-0.2, 0) is 11.0 Å². The highest BCUT2D eigenvalue weighted by molar-refractivity contribution is 6.14. The molecule has 0 amide bonds. The fourth-order valence-electron chi connectivity index (χ4n) is 2.98. The van der Waals surface area contributed by atoms with Gasteiger partial charge in [-0.25, -0.2) is 4.98 Å². The van der Waals surface area contributed by atoms with Crippen molar-refractivity contribution in [2.45, 2.75) is 32.9 Å². The van der Waals surface area contributed by atoms with Gasteiger partial charge in [0, 0.05) is 12.8 Å². The number of para-hydroxylation sites is 1. The lowest BCUT2D eigenvalue weighted by molar-refractivity contribution is -0.147. The van der Waals surface area contributed by atoms with E-state index in [-0.39, 0.29) is 39.8 Å². The summed E-state index contributed by atoms with van der Waals surface area (Å²) in [5.41, 5.74) is -1.80. The number of ketones is 1. The molecule has 1 aromatic carbocycles. The molecule has 9 heteroatoms. The predicted octanol–water partition coefficient (Wildman–Crippen LogP) is 3.45. The third kappa shape index (κ3) is 3.62. The number of alkyl halides is 3. The molecule has 0 fully saturated rings. The van der Waals surface area contributed by atoms with Crippen LogP contribution in [0.25, 0.3) is 10.9 Å². The van der Waals surface area contributed by atoms with Crippen LogP contribution in [0.1, 0.15) is 32.5 Å². The number of carbonyl (C=O) groups is 1. The predicted molar refractivity (Wildman–Crippen MR) is 92.6 cm³/mol. The quantitative estimate of drug-likeness (QED) is 0.810. The smallest absolute Gasteiger partial charge is 0.451 e. The summed E-state index contributed by atoms with van der Waals surface area (Å²) in [4.78, 5) is 28.2. The summed E-state index contributed by atoms with van der Waals surface area (Å²) in [5, 5.41) is 13.6. The molecule has 0 saturated carbocycles. The Hall–Kier alpha value is -2.97. The van der Waals surface area contributed by atoms with Crippen LogP contribution in [0, 0.1) is 5.41 Å². The molecule has 142 valence electrons. The molecule has 0 radical (unpaired) electrons. The summed E-state index contributed by atoms with van der Waals surface area (Å²) in [6, 6.07) is 5.59. The lowest BCUT2D eigenvalue weighted by Gasteiger charge is -2.28. The molecule has 1 aromatic heterocycles. The number of allylic oxidation sites excluding steroid dienone is 2. The van der Waals surface area contributed by atoms with Crippen molar-refractivity contribution in [2.75, 3.05) is 0 Å². The normalized spacial score (nSPS) is 17.9. The maximum absolute atomic E-state index is 13.4. The lowest BCUT2D eigenvalue weighted by atomic mass is 9.77. The van der Waals surface area contributed by atoms with Crippen LogP contribution < -0.4 is 5.56 Å². The molecule has 0 unspecified atom stereocenters. The molecule has 0 saturated heterocycles. The van der Waals surface area contributed by atoms with E-state index >= 15 is 0 Å². The molecule has 6 nitrogen and oxygen atoms in total. The molecular weight excluding hydrogens is 363 g/mol. The van der Waals surface area contributed by atoms with E-state index in [0.29, 0.717) is 0 Å². The van der Waals surface area contributed by atoms with E-state index in [4.69, 9.17) is 0 Å². The number of hydrogen-bond acceptors (Lipinski definition) is 5. The van der Waals surface area contributed by atoms with Gasteiger partial charge in [-0.1, -0.05) is 26.0 Å². The number of aliphatic hydroxyl groups is 1. The average molecular weight is 379 g/mol. The highest BCUT2D eigenvalue weighted by atomic mass is 19.4. The minimum absolute atomic E-state index is 0.0445. The molecule has 1 aliphatic rings. The summed E-state index contributed by atoms with van der Waals surface area (Å²) in [6.07, 6.45) is -3.86. The van der Waals surface area contributed by atoms with Crippen molar-refractivity contribution >= 4 is 22.9 Å². The Morgan fingerprint density at radius 1 is 1.22 bits per heavy atom.